The SMILES string of the molecule is CCCCCCCCCCCCCCCCC[N+](C)(C)CCC[Si-](OCC(C)(CO)C(=O)O)(OCC(C)(CO)C(=O)O)OCC(C)(CO)C(=O)O. The van der Waals surface area contributed by atoms with E-state index < -0.39 is 82.6 Å². The van der Waals surface area contributed by atoms with Crippen LogP contribution in [0.1, 0.15) is 130 Å². The van der Waals surface area contributed by atoms with E-state index in [0.29, 0.717) is 17.4 Å². The van der Waals surface area contributed by atoms with Crippen molar-refractivity contribution < 1.29 is 62.8 Å². The summed E-state index contributed by atoms with van der Waals surface area (Å²) in [5, 5.41) is 58.8. The molecule has 0 amide bonds. The second kappa shape index (κ2) is 25.4. The van der Waals surface area contributed by atoms with Crippen molar-refractivity contribution >= 4 is 26.7 Å². The predicted octanol–water partition coefficient (Wildman–Crippen LogP) is 5.56. The van der Waals surface area contributed by atoms with Gasteiger partial charge in [-0.05, 0) is 40.0 Å². The predicted molar refractivity (Wildman–Crippen MR) is 198 cm³/mol. The molecule has 0 aromatic heterocycles. The van der Waals surface area contributed by atoms with Crippen molar-refractivity contribution in [3.63, 3.8) is 0 Å². The number of aliphatic hydroxyl groups excluding tert-OH is 3. The van der Waals surface area contributed by atoms with Gasteiger partial charge in [0.1, 0.15) is 16.2 Å². The highest BCUT2D eigenvalue weighted by Crippen LogP contribution is 2.30. The third-order valence-electron chi connectivity index (χ3n) is 10.0. The fraction of sp³-hybridized carbons (Fsp3) is 0.919. The van der Waals surface area contributed by atoms with Gasteiger partial charge in [-0.25, -0.2) is 0 Å². The monoisotopic (exact) mass is 752 g/mol. The van der Waals surface area contributed by atoms with Crippen LogP contribution in [-0.4, -0.2) is 129 Å². The summed E-state index contributed by atoms with van der Waals surface area (Å²) >= 11 is 0. The number of quaternary nitrogens is 1. The summed E-state index contributed by atoms with van der Waals surface area (Å²) in [7, 11) is 0.0817. The fourth-order valence-corrected chi connectivity index (χ4v) is 8.31. The van der Waals surface area contributed by atoms with Gasteiger partial charge in [-0.15, -0.1) is 0 Å². The summed E-state index contributed by atoms with van der Waals surface area (Å²) in [6, 6.07) is 0.0803. The number of rotatable bonds is 35. The Morgan fingerprint density at radius 1 is 0.510 bits per heavy atom. The van der Waals surface area contributed by atoms with E-state index in [-0.39, 0.29) is 6.04 Å². The average molecular weight is 753 g/mol. The van der Waals surface area contributed by atoms with E-state index in [0.717, 1.165) is 19.4 Å². The Kier molecular flexibility index (Phi) is 24.6. The molecule has 0 aliphatic rings. The molecule has 0 spiro atoms. The van der Waals surface area contributed by atoms with Crippen molar-refractivity contribution in [1.29, 1.82) is 0 Å². The van der Waals surface area contributed by atoms with Crippen LogP contribution in [0.5, 0.6) is 0 Å². The molecule has 0 aliphatic heterocycles. The van der Waals surface area contributed by atoms with E-state index >= 15 is 0 Å². The minimum absolute atomic E-state index is 0.0803. The molecule has 0 heterocycles. The molecule has 0 aliphatic carbocycles. The Labute approximate surface area is 308 Å². The summed E-state index contributed by atoms with van der Waals surface area (Å²) in [6.07, 6.45) is 19.8. The van der Waals surface area contributed by atoms with Gasteiger partial charge in [0.25, 0.3) is 8.80 Å². The molecule has 3 unspecified atom stereocenters. The zero-order chi connectivity index (χ0) is 39.0. The average Bonchev–Trinajstić information content (AvgIpc) is 3.09. The Hall–Kier alpha value is -1.65. The highest BCUT2D eigenvalue weighted by Gasteiger charge is 2.42. The van der Waals surface area contributed by atoms with Crippen LogP contribution in [0.3, 0.4) is 0 Å². The van der Waals surface area contributed by atoms with Crippen LogP contribution in [0.25, 0.3) is 0 Å². The van der Waals surface area contributed by atoms with Crippen LogP contribution in [0, 0.1) is 16.2 Å². The molecule has 0 saturated heterocycles. The number of unbranched alkanes of at least 4 members (excludes halogenated alkanes) is 14. The van der Waals surface area contributed by atoms with E-state index in [9.17, 15) is 45.0 Å². The van der Waals surface area contributed by atoms with Gasteiger partial charge in [-0.3, -0.25) is 14.4 Å². The van der Waals surface area contributed by atoms with Crippen LogP contribution in [0.15, 0.2) is 0 Å². The third kappa shape index (κ3) is 19.8. The lowest BCUT2D eigenvalue weighted by Crippen LogP contribution is -2.55. The van der Waals surface area contributed by atoms with Crippen molar-refractivity contribution in [1.82, 2.24) is 0 Å². The largest absolute Gasteiger partial charge is 0.524 e. The lowest BCUT2D eigenvalue weighted by molar-refractivity contribution is -0.890. The third-order valence-corrected chi connectivity index (χ3v) is 12.8. The molecule has 303 valence electrons. The number of carbonyl (C=O) groups is 3. The summed E-state index contributed by atoms with van der Waals surface area (Å²) in [4.78, 5) is 35.9. The molecule has 0 radical (unpaired) electrons. The number of nitrogens with zero attached hydrogens (tertiary/aromatic N) is 1. The molecule has 0 saturated carbocycles. The highest BCUT2D eigenvalue weighted by atomic mass is 28.4. The number of aliphatic carboxylic acids is 3. The van der Waals surface area contributed by atoms with E-state index in [2.05, 4.69) is 21.0 Å². The van der Waals surface area contributed by atoms with Gasteiger partial charge < -0.3 is 48.4 Å². The van der Waals surface area contributed by atoms with Gasteiger partial charge in [0.2, 0.25) is 0 Å². The van der Waals surface area contributed by atoms with Crippen molar-refractivity contribution in [3.8, 4) is 0 Å². The van der Waals surface area contributed by atoms with Gasteiger partial charge in [0, 0.05) is 19.8 Å². The van der Waals surface area contributed by atoms with E-state index in [1.807, 2.05) is 0 Å². The second-order valence-corrected chi connectivity index (χ2v) is 18.8. The first kappa shape index (κ1) is 49.3. The number of hydrogen-bond acceptors (Lipinski definition) is 9. The molecule has 3 atom stereocenters. The molecule has 0 fully saturated rings. The van der Waals surface area contributed by atoms with Crippen molar-refractivity contribution in [2.24, 2.45) is 16.2 Å². The summed E-state index contributed by atoms with van der Waals surface area (Å²) in [6.45, 7) is 3.62. The van der Waals surface area contributed by atoms with Gasteiger partial charge in [0.15, 0.2) is 0 Å². The molecule has 6 N–H and O–H groups in total. The van der Waals surface area contributed by atoms with Gasteiger partial charge in [0.05, 0.1) is 47.0 Å². The first-order valence-corrected chi connectivity index (χ1v) is 21.1. The zero-order valence-corrected chi connectivity index (χ0v) is 33.8. The standard InChI is InChI=1S/C37H73NO12Si/c1-7-8-9-10-11-12-13-14-15-16-17-18-19-20-21-23-38(5,6)24-22-25-51(48-29-35(2,26-39)32(42)43,49-30-36(3,27-40)33(44)45)50-31-37(4,28-41)34(46)47/h39-41H,7-31H2,1-6H3,(H2-,42,43,44,45,46,47)/q-1/p+1. The molecule has 13 nitrogen and oxygen atoms in total. The Morgan fingerprint density at radius 2 is 0.784 bits per heavy atom. The molecule has 0 aromatic carbocycles. The van der Waals surface area contributed by atoms with Crippen LogP contribution in [0.2, 0.25) is 6.04 Å². The van der Waals surface area contributed by atoms with Crippen molar-refractivity contribution in [3.05, 3.63) is 0 Å². The normalized spacial score (nSPS) is 16.9. The number of carboxylic acids is 3. The minimum Gasteiger partial charge on any atom is -0.524 e. The maximum atomic E-state index is 12.0. The van der Waals surface area contributed by atoms with Gasteiger partial charge >= 0.3 is 17.9 Å². The first-order chi connectivity index (χ1) is 23.9. The summed E-state index contributed by atoms with van der Waals surface area (Å²) in [5.74, 6) is -4.03. The van der Waals surface area contributed by atoms with Crippen LogP contribution >= 0.6 is 0 Å². The molecular weight excluding hydrogens is 678 g/mol. The minimum atomic E-state index is -4.12. The molecule has 51 heavy (non-hydrogen) atoms. The van der Waals surface area contributed by atoms with Gasteiger partial charge in [-0.1, -0.05) is 96.4 Å². The second-order valence-electron chi connectivity index (χ2n) is 16.1. The lowest BCUT2D eigenvalue weighted by atomic mass is 9.94. The van der Waals surface area contributed by atoms with E-state index in [1.165, 1.54) is 104 Å². The summed E-state index contributed by atoms with van der Waals surface area (Å²) < 4.78 is 18.9. The van der Waals surface area contributed by atoms with Crippen LogP contribution < -0.4 is 0 Å². The van der Waals surface area contributed by atoms with Crippen LogP contribution in [0.4, 0.5) is 0 Å². The molecule has 0 rings (SSSR count). The number of hydrogen-bond donors (Lipinski definition) is 6. The maximum Gasteiger partial charge on any atom is 0.313 e. The highest BCUT2D eigenvalue weighted by molar-refractivity contribution is 6.60. The molecule has 14 heteroatoms. The topological polar surface area (TPSA) is 200 Å². The first-order valence-electron chi connectivity index (χ1n) is 19.2. The van der Waals surface area contributed by atoms with Gasteiger partial charge in [-0.2, -0.15) is 0 Å². The number of aliphatic hydroxyl groups is 3. The Balaban J connectivity index is 5.35. The number of carboxylic acid groups (broad SMARTS) is 3. The lowest BCUT2D eigenvalue weighted by Gasteiger charge is -2.48. The molecule has 0 bridgehead atoms. The molecule has 0 aromatic rings. The fourth-order valence-electron chi connectivity index (χ4n) is 5.42. The van der Waals surface area contributed by atoms with Crippen LogP contribution in [-0.2, 0) is 27.7 Å². The Morgan fingerprint density at radius 3 is 1.06 bits per heavy atom. The maximum absolute atomic E-state index is 12.0. The summed E-state index contributed by atoms with van der Waals surface area (Å²) in [5.41, 5.74) is -5.27. The zero-order valence-electron chi connectivity index (χ0n) is 32.8. The quantitative estimate of drug-likeness (QED) is 0.0268. The van der Waals surface area contributed by atoms with E-state index in [4.69, 9.17) is 13.3 Å². The smallest absolute Gasteiger partial charge is 0.313 e. The van der Waals surface area contributed by atoms with E-state index in [1.54, 1.807) is 0 Å². The molecular formula is C37H74NO12Si. The van der Waals surface area contributed by atoms with Crippen molar-refractivity contribution in [2.45, 2.75) is 136 Å². The van der Waals surface area contributed by atoms with Crippen molar-refractivity contribution in [2.75, 3.05) is 66.8 Å². The Bertz CT molecular complexity index is 906.